The summed E-state index contributed by atoms with van der Waals surface area (Å²) in [6.07, 6.45) is 0. The summed E-state index contributed by atoms with van der Waals surface area (Å²) in [4.78, 5) is 0. The number of nitrogens with one attached hydrogen (secondary N) is 1. The van der Waals surface area contributed by atoms with Crippen LogP contribution in [0.2, 0.25) is 5.02 Å². The molecule has 0 heterocycles. The van der Waals surface area contributed by atoms with Crippen molar-refractivity contribution < 1.29 is 8.42 Å². The molecule has 0 aliphatic heterocycles. The maximum Gasteiger partial charge on any atom is 0.233 e. The largest absolute Gasteiger partial charge is 0.282 e. The van der Waals surface area contributed by atoms with Crippen LogP contribution < -0.4 is 4.72 Å². The van der Waals surface area contributed by atoms with Crippen molar-refractivity contribution in [1.82, 2.24) is 0 Å². The molecule has 1 N–H and O–H groups in total. The number of halogens is 2. The van der Waals surface area contributed by atoms with E-state index in [1.807, 2.05) is 37.3 Å². The topological polar surface area (TPSA) is 46.2 Å². The lowest BCUT2D eigenvalue weighted by atomic mass is 10.0. The second kappa shape index (κ2) is 6.81. The summed E-state index contributed by atoms with van der Waals surface area (Å²) in [7, 11) is -3.44. The molecule has 1 atom stereocenters. The van der Waals surface area contributed by atoms with Gasteiger partial charge >= 0.3 is 0 Å². The van der Waals surface area contributed by atoms with E-state index in [1.165, 1.54) is 0 Å². The predicted octanol–water partition coefficient (Wildman–Crippen LogP) is 4.65. The van der Waals surface area contributed by atoms with Gasteiger partial charge in [0.05, 0.1) is 11.4 Å². The van der Waals surface area contributed by atoms with Gasteiger partial charge in [-0.3, -0.25) is 4.72 Å². The number of rotatable bonds is 5. The van der Waals surface area contributed by atoms with Crippen LogP contribution in [-0.4, -0.2) is 14.2 Å². The average molecular weight is 389 g/mol. The molecule has 21 heavy (non-hydrogen) atoms. The number of hydrogen-bond acceptors (Lipinski definition) is 2. The maximum atomic E-state index is 12.3. The number of sulfonamides is 1. The molecule has 0 aliphatic rings. The lowest BCUT2D eigenvalue weighted by Crippen LogP contribution is -2.20. The molecule has 2 aromatic carbocycles. The summed E-state index contributed by atoms with van der Waals surface area (Å²) in [5, 5.41) is 0.544. The minimum atomic E-state index is -3.44. The van der Waals surface area contributed by atoms with Gasteiger partial charge in [-0.2, -0.15) is 0 Å². The fraction of sp³-hybridized carbons (Fsp3) is 0.200. The van der Waals surface area contributed by atoms with Crippen LogP contribution in [-0.2, 0) is 10.0 Å². The van der Waals surface area contributed by atoms with Gasteiger partial charge in [0.25, 0.3) is 0 Å². The first-order valence-corrected chi connectivity index (χ1v) is 9.20. The molecule has 0 saturated heterocycles. The first-order valence-electron chi connectivity index (χ1n) is 6.38. The van der Waals surface area contributed by atoms with Crippen LogP contribution in [0.4, 0.5) is 5.69 Å². The molecule has 0 aromatic heterocycles. The predicted molar refractivity (Wildman–Crippen MR) is 91.4 cm³/mol. The number of hydrogen-bond donors (Lipinski definition) is 1. The van der Waals surface area contributed by atoms with Crippen LogP contribution in [0.15, 0.2) is 53.0 Å². The van der Waals surface area contributed by atoms with Crippen molar-refractivity contribution in [3.63, 3.8) is 0 Å². The first kappa shape index (κ1) is 16.3. The van der Waals surface area contributed by atoms with Crippen LogP contribution in [0.5, 0.6) is 0 Å². The molecule has 0 aliphatic carbocycles. The van der Waals surface area contributed by atoms with Crippen molar-refractivity contribution in [2.24, 2.45) is 0 Å². The van der Waals surface area contributed by atoms with Gasteiger partial charge in [-0.05, 0) is 45.6 Å². The van der Waals surface area contributed by atoms with E-state index in [0.29, 0.717) is 15.2 Å². The van der Waals surface area contributed by atoms with E-state index in [2.05, 4.69) is 20.7 Å². The zero-order valence-electron chi connectivity index (χ0n) is 11.4. The van der Waals surface area contributed by atoms with Crippen LogP contribution in [0, 0.1) is 0 Å². The number of benzene rings is 2. The Labute approximate surface area is 138 Å². The van der Waals surface area contributed by atoms with Gasteiger partial charge in [-0.1, -0.05) is 48.9 Å². The van der Waals surface area contributed by atoms with Crippen molar-refractivity contribution in [2.75, 3.05) is 10.5 Å². The molecule has 0 radical (unpaired) electrons. The average Bonchev–Trinajstić information content (AvgIpc) is 2.42. The minimum absolute atomic E-state index is 0.0199. The fourth-order valence-electron chi connectivity index (χ4n) is 1.99. The molecular formula is C15H15BrClNO2S. The van der Waals surface area contributed by atoms with Gasteiger partial charge in [0.1, 0.15) is 0 Å². The Balaban J connectivity index is 2.12. The molecule has 0 saturated carbocycles. The highest BCUT2D eigenvalue weighted by atomic mass is 79.9. The summed E-state index contributed by atoms with van der Waals surface area (Å²) in [5.74, 6) is -0.0683. The van der Waals surface area contributed by atoms with Gasteiger partial charge in [-0.25, -0.2) is 8.42 Å². The standard InChI is InChI=1S/C15H15BrClNO2S/c1-11(12-5-3-2-4-6-12)10-21(19,20)18-15-8-7-13(17)9-14(15)16/h2-9,11,18H,10H2,1H3. The maximum absolute atomic E-state index is 12.3. The molecule has 2 aromatic rings. The van der Waals surface area contributed by atoms with Crippen LogP contribution in [0.3, 0.4) is 0 Å². The zero-order chi connectivity index (χ0) is 15.5. The van der Waals surface area contributed by atoms with Gasteiger partial charge in [0.2, 0.25) is 10.0 Å². The normalized spacial score (nSPS) is 12.9. The van der Waals surface area contributed by atoms with Gasteiger partial charge < -0.3 is 0 Å². The third-order valence-electron chi connectivity index (χ3n) is 3.03. The Morgan fingerprint density at radius 3 is 2.48 bits per heavy atom. The van der Waals surface area contributed by atoms with Crippen LogP contribution in [0.25, 0.3) is 0 Å². The number of anilines is 1. The van der Waals surface area contributed by atoms with Crippen molar-refractivity contribution in [3.05, 3.63) is 63.6 Å². The summed E-state index contributed by atoms with van der Waals surface area (Å²) in [6.45, 7) is 1.89. The summed E-state index contributed by atoms with van der Waals surface area (Å²) >= 11 is 9.14. The SMILES string of the molecule is CC(CS(=O)(=O)Nc1ccc(Cl)cc1Br)c1ccccc1. The lowest BCUT2D eigenvalue weighted by molar-refractivity contribution is 0.595. The molecule has 0 fully saturated rings. The van der Waals surface area contributed by atoms with Crippen molar-refractivity contribution >= 4 is 43.2 Å². The highest BCUT2D eigenvalue weighted by Crippen LogP contribution is 2.27. The van der Waals surface area contributed by atoms with Crippen molar-refractivity contribution in [1.29, 1.82) is 0 Å². The van der Waals surface area contributed by atoms with E-state index in [0.717, 1.165) is 5.56 Å². The third kappa shape index (κ3) is 4.73. The van der Waals surface area contributed by atoms with E-state index >= 15 is 0 Å². The van der Waals surface area contributed by atoms with Gasteiger partial charge in [0, 0.05) is 9.50 Å². The quantitative estimate of drug-likeness (QED) is 0.810. The molecular weight excluding hydrogens is 374 g/mol. The highest BCUT2D eigenvalue weighted by Gasteiger charge is 2.18. The monoisotopic (exact) mass is 387 g/mol. The Kier molecular flexibility index (Phi) is 5.30. The van der Waals surface area contributed by atoms with E-state index in [-0.39, 0.29) is 11.7 Å². The molecule has 3 nitrogen and oxygen atoms in total. The van der Waals surface area contributed by atoms with E-state index in [9.17, 15) is 8.42 Å². The third-order valence-corrected chi connectivity index (χ3v) is 5.40. The molecule has 6 heteroatoms. The van der Waals surface area contributed by atoms with Crippen LogP contribution >= 0.6 is 27.5 Å². The first-order chi connectivity index (χ1) is 9.87. The smallest absolute Gasteiger partial charge is 0.233 e. The van der Waals surface area contributed by atoms with Crippen molar-refractivity contribution in [2.45, 2.75) is 12.8 Å². The molecule has 0 amide bonds. The Morgan fingerprint density at radius 1 is 1.19 bits per heavy atom. The van der Waals surface area contributed by atoms with Crippen molar-refractivity contribution in [3.8, 4) is 0 Å². The molecule has 2 rings (SSSR count). The molecule has 1 unspecified atom stereocenters. The lowest BCUT2D eigenvalue weighted by Gasteiger charge is -2.14. The van der Waals surface area contributed by atoms with E-state index in [1.54, 1.807) is 18.2 Å². The molecule has 0 spiro atoms. The van der Waals surface area contributed by atoms with Gasteiger partial charge in [0.15, 0.2) is 0 Å². The summed E-state index contributed by atoms with van der Waals surface area (Å²) in [5.41, 5.74) is 1.48. The second-order valence-corrected chi connectivity index (χ2v) is 7.88. The summed E-state index contributed by atoms with van der Waals surface area (Å²) in [6, 6.07) is 14.5. The summed E-state index contributed by atoms with van der Waals surface area (Å²) < 4.78 is 27.7. The van der Waals surface area contributed by atoms with Gasteiger partial charge in [-0.15, -0.1) is 0 Å². The zero-order valence-corrected chi connectivity index (χ0v) is 14.5. The minimum Gasteiger partial charge on any atom is -0.282 e. The fourth-order valence-corrected chi connectivity index (χ4v) is 4.35. The molecule has 0 bridgehead atoms. The van der Waals surface area contributed by atoms with E-state index < -0.39 is 10.0 Å². The highest BCUT2D eigenvalue weighted by molar-refractivity contribution is 9.10. The van der Waals surface area contributed by atoms with E-state index in [4.69, 9.17) is 11.6 Å². The Bertz CT molecular complexity index is 720. The van der Waals surface area contributed by atoms with Crippen LogP contribution in [0.1, 0.15) is 18.4 Å². The Hall–Kier alpha value is -1.04. The second-order valence-electron chi connectivity index (χ2n) is 4.82. The molecule has 112 valence electrons. The Morgan fingerprint density at radius 2 is 1.86 bits per heavy atom.